The van der Waals surface area contributed by atoms with Crippen LogP contribution in [-0.4, -0.2) is 18.7 Å². The van der Waals surface area contributed by atoms with Crippen LogP contribution in [0.4, 0.5) is 0 Å². The van der Waals surface area contributed by atoms with Crippen molar-refractivity contribution in [2.45, 2.75) is 44.3 Å². The van der Waals surface area contributed by atoms with Gasteiger partial charge in [-0.1, -0.05) is 36.4 Å². The zero-order chi connectivity index (χ0) is 19.5. The Labute approximate surface area is 166 Å². The van der Waals surface area contributed by atoms with E-state index in [0.717, 1.165) is 49.2 Å². The van der Waals surface area contributed by atoms with Crippen molar-refractivity contribution in [2.24, 2.45) is 5.41 Å². The molecule has 0 unspecified atom stereocenters. The van der Waals surface area contributed by atoms with Gasteiger partial charge in [-0.15, -0.1) is 0 Å². The summed E-state index contributed by atoms with van der Waals surface area (Å²) in [6.07, 6.45) is 8.82. The maximum Gasteiger partial charge on any atom is 0.330 e. The second kappa shape index (κ2) is 7.80. The van der Waals surface area contributed by atoms with Gasteiger partial charge in [-0.3, -0.25) is 0 Å². The molecule has 0 spiro atoms. The molecule has 28 heavy (non-hydrogen) atoms. The van der Waals surface area contributed by atoms with E-state index in [2.05, 4.69) is 6.07 Å². The minimum Gasteiger partial charge on any atom is -0.466 e. The molecule has 0 N–H and O–H groups in total. The van der Waals surface area contributed by atoms with Crippen LogP contribution in [0.25, 0.3) is 0 Å². The molecule has 2 bridgehead atoms. The van der Waals surface area contributed by atoms with Gasteiger partial charge in [0.05, 0.1) is 19.3 Å². The van der Waals surface area contributed by atoms with E-state index in [1.807, 2.05) is 54.6 Å². The molecule has 0 amide bonds. The summed E-state index contributed by atoms with van der Waals surface area (Å²) in [7, 11) is 1.41. The van der Waals surface area contributed by atoms with Crippen LogP contribution in [0.5, 0.6) is 11.5 Å². The normalized spacial score (nSPS) is 25.9. The fourth-order valence-corrected chi connectivity index (χ4v) is 4.49. The number of rotatable bonds is 7. The molecule has 146 valence electrons. The van der Waals surface area contributed by atoms with Gasteiger partial charge in [0.25, 0.3) is 0 Å². The number of methoxy groups -OCH3 is 1. The molecule has 0 heterocycles. The monoisotopic (exact) mass is 378 g/mol. The van der Waals surface area contributed by atoms with Crippen molar-refractivity contribution < 1.29 is 19.0 Å². The number of carbonyl (C=O) groups excluding carboxylic acids is 1. The number of benzene rings is 2. The zero-order valence-corrected chi connectivity index (χ0v) is 16.2. The molecule has 0 aliphatic heterocycles. The maximum atomic E-state index is 11.4. The Morgan fingerprint density at radius 2 is 1.75 bits per heavy atom. The van der Waals surface area contributed by atoms with Crippen LogP contribution < -0.4 is 4.74 Å². The summed E-state index contributed by atoms with van der Waals surface area (Å²) in [4.78, 5) is 11.4. The lowest BCUT2D eigenvalue weighted by atomic mass is 9.84. The second-order valence-electron chi connectivity index (χ2n) is 7.93. The Morgan fingerprint density at radius 3 is 2.50 bits per heavy atom. The number of fused-ring (bicyclic) bond motifs is 2. The van der Waals surface area contributed by atoms with E-state index in [4.69, 9.17) is 14.2 Å². The first-order valence-electron chi connectivity index (χ1n) is 9.84. The minimum atomic E-state index is -0.282. The van der Waals surface area contributed by atoms with Crippen molar-refractivity contribution in [3.63, 3.8) is 0 Å². The molecule has 2 fully saturated rings. The smallest absolute Gasteiger partial charge is 0.330 e. The topological polar surface area (TPSA) is 44.8 Å². The molecular weight excluding hydrogens is 352 g/mol. The third-order valence-corrected chi connectivity index (χ3v) is 6.03. The highest BCUT2D eigenvalue weighted by Crippen LogP contribution is 2.59. The Morgan fingerprint density at radius 1 is 1.00 bits per heavy atom. The molecule has 0 saturated heterocycles. The van der Waals surface area contributed by atoms with Crippen LogP contribution in [-0.2, 0) is 20.9 Å². The fourth-order valence-electron chi connectivity index (χ4n) is 4.49. The van der Waals surface area contributed by atoms with Gasteiger partial charge in [-0.25, -0.2) is 4.79 Å². The van der Waals surface area contributed by atoms with Crippen molar-refractivity contribution >= 4 is 5.97 Å². The van der Waals surface area contributed by atoms with E-state index in [-0.39, 0.29) is 17.0 Å². The Kier molecular flexibility index (Phi) is 5.23. The zero-order valence-electron chi connectivity index (χ0n) is 16.2. The minimum absolute atomic E-state index is 0.0727. The van der Waals surface area contributed by atoms with Gasteiger partial charge in [0.15, 0.2) is 0 Å². The SMILES string of the molecule is COC(=O)C=CC12CCC(OCc3cccc(Oc4ccccc4)c3)(CC1)C2. The number of hydrogen-bond acceptors (Lipinski definition) is 4. The molecule has 2 aromatic carbocycles. The predicted octanol–water partition coefficient (Wildman–Crippen LogP) is 5.43. The standard InChI is InChI=1S/C24H26O4/c1-26-22(25)10-11-23-12-14-24(18-23,15-13-23)27-17-19-6-5-9-21(16-19)28-20-7-3-2-4-8-20/h2-11,16H,12-15,17-18H2,1H3. The molecular formula is C24H26O4. The third-order valence-electron chi connectivity index (χ3n) is 6.03. The van der Waals surface area contributed by atoms with Gasteiger partial charge >= 0.3 is 5.97 Å². The summed E-state index contributed by atoms with van der Waals surface area (Å²) < 4.78 is 17.1. The number of para-hydroxylation sites is 1. The van der Waals surface area contributed by atoms with Crippen LogP contribution in [0, 0.1) is 5.41 Å². The molecule has 4 nitrogen and oxygen atoms in total. The molecule has 0 atom stereocenters. The van der Waals surface area contributed by atoms with Crippen LogP contribution >= 0.6 is 0 Å². The Hall–Kier alpha value is -2.59. The molecule has 2 aliphatic rings. The number of hydrogen-bond donors (Lipinski definition) is 0. The number of esters is 1. The number of carbonyl (C=O) groups is 1. The van der Waals surface area contributed by atoms with Gasteiger partial charge in [0.2, 0.25) is 0 Å². The van der Waals surface area contributed by atoms with Crippen LogP contribution in [0.1, 0.15) is 37.7 Å². The van der Waals surface area contributed by atoms with Gasteiger partial charge in [-0.2, -0.15) is 0 Å². The van der Waals surface area contributed by atoms with E-state index in [0.29, 0.717) is 6.61 Å². The van der Waals surface area contributed by atoms with Gasteiger partial charge in [-0.05, 0) is 67.3 Å². The van der Waals surface area contributed by atoms with Crippen LogP contribution in [0.3, 0.4) is 0 Å². The van der Waals surface area contributed by atoms with Gasteiger partial charge in [0, 0.05) is 6.08 Å². The first-order valence-corrected chi connectivity index (χ1v) is 9.84. The van der Waals surface area contributed by atoms with Gasteiger partial charge in [0.1, 0.15) is 11.5 Å². The highest BCUT2D eigenvalue weighted by molar-refractivity contribution is 5.81. The van der Waals surface area contributed by atoms with E-state index >= 15 is 0 Å². The van der Waals surface area contributed by atoms with E-state index in [9.17, 15) is 4.79 Å². The molecule has 2 aliphatic carbocycles. The van der Waals surface area contributed by atoms with Crippen molar-refractivity contribution in [1.82, 2.24) is 0 Å². The Balaban J connectivity index is 1.37. The predicted molar refractivity (Wildman–Crippen MR) is 107 cm³/mol. The lowest BCUT2D eigenvalue weighted by Gasteiger charge is -2.27. The Bertz CT molecular complexity index is 848. The summed E-state index contributed by atoms with van der Waals surface area (Å²) in [6, 6.07) is 17.9. The molecule has 2 aromatic rings. The van der Waals surface area contributed by atoms with E-state index in [1.165, 1.54) is 7.11 Å². The summed E-state index contributed by atoms with van der Waals surface area (Å²) in [5, 5.41) is 0. The first-order chi connectivity index (χ1) is 13.6. The lowest BCUT2D eigenvalue weighted by Crippen LogP contribution is -2.26. The molecule has 4 rings (SSSR count). The highest BCUT2D eigenvalue weighted by Gasteiger charge is 2.53. The number of allylic oxidation sites excluding steroid dienone is 1. The molecule has 0 radical (unpaired) electrons. The molecule has 0 aromatic heterocycles. The van der Waals surface area contributed by atoms with Crippen LogP contribution in [0.15, 0.2) is 66.7 Å². The summed E-state index contributed by atoms with van der Waals surface area (Å²) in [5.41, 5.74) is 1.13. The van der Waals surface area contributed by atoms with Crippen molar-refractivity contribution in [1.29, 1.82) is 0 Å². The van der Waals surface area contributed by atoms with Crippen molar-refractivity contribution in [3.8, 4) is 11.5 Å². The van der Waals surface area contributed by atoms with Crippen LogP contribution in [0.2, 0.25) is 0 Å². The lowest BCUT2D eigenvalue weighted by molar-refractivity contribution is -0.134. The summed E-state index contributed by atoms with van der Waals surface area (Å²) in [5.74, 6) is 1.36. The average Bonchev–Trinajstić information content (AvgIpc) is 3.29. The van der Waals surface area contributed by atoms with Crippen molar-refractivity contribution in [3.05, 3.63) is 72.3 Å². The fraction of sp³-hybridized carbons (Fsp3) is 0.375. The third kappa shape index (κ3) is 4.12. The number of ether oxygens (including phenoxy) is 3. The summed E-state index contributed by atoms with van der Waals surface area (Å²) in [6.45, 7) is 0.572. The van der Waals surface area contributed by atoms with E-state index < -0.39 is 0 Å². The maximum absolute atomic E-state index is 11.4. The van der Waals surface area contributed by atoms with E-state index in [1.54, 1.807) is 6.08 Å². The quantitative estimate of drug-likeness (QED) is 0.476. The molecule has 2 saturated carbocycles. The van der Waals surface area contributed by atoms with Crippen molar-refractivity contribution in [2.75, 3.05) is 7.11 Å². The molecule has 4 heteroatoms. The summed E-state index contributed by atoms with van der Waals surface area (Å²) >= 11 is 0. The second-order valence-corrected chi connectivity index (χ2v) is 7.93. The average molecular weight is 378 g/mol. The first kappa shape index (κ1) is 18.8. The highest BCUT2D eigenvalue weighted by atomic mass is 16.5. The van der Waals surface area contributed by atoms with Gasteiger partial charge < -0.3 is 14.2 Å². The largest absolute Gasteiger partial charge is 0.466 e.